The van der Waals surface area contributed by atoms with Crippen molar-refractivity contribution in [1.82, 2.24) is 0 Å². The quantitative estimate of drug-likeness (QED) is 0.165. The van der Waals surface area contributed by atoms with Crippen molar-refractivity contribution in [2.45, 2.75) is 38.5 Å². The highest BCUT2D eigenvalue weighted by molar-refractivity contribution is 6.26. The molecule has 9 aromatic carbocycles. The van der Waals surface area contributed by atoms with Crippen LogP contribution in [0, 0.1) is 0 Å². The van der Waals surface area contributed by atoms with Crippen LogP contribution in [0.25, 0.3) is 88.0 Å². The highest BCUT2D eigenvalue weighted by Gasteiger charge is 2.37. The minimum Gasteiger partial charge on any atom is -0.0619 e. The van der Waals surface area contributed by atoms with Crippen LogP contribution < -0.4 is 0 Å². The summed E-state index contributed by atoms with van der Waals surface area (Å²) in [6.45, 7) is 9.51. The van der Waals surface area contributed by atoms with E-state index in [0.717, 1.165) is 0 Å². The number of fused-ring (bicyclic) bond motifs is 6. The summed E-state index contributed by atoms with van der Waals surface area (Å²) >= 11 is 0. The molecule has 9 aromatic rings. The Morgan fingerprint density at radius 3 is 1.38 bits per heavy atom. The van der Waals surface area contributed by atoms with E-state index in [0.29, 0.717) is 0 Å². The van der Waals surface area contributed by atoms with Crippen LogP contribution in [0.1, 0.15) is 49.9 Å². The summed E-state index contributed by atoms with van der Waals surface area (Å²) < 4.78 is 0. The third-order valence-electron chi connectivity index (χ3n) is 12.6. The van der Waals surface area contributed by atoms with Crippen molar-refractivity contribution in [3.05, 3.63) is 180 Å². The van der Waals surface area contributed by atoms with Gasteiger partial charge < -0.3 is 0 Å². The molecule has 11 rings (SSSR count). The largest absolute Gasteiger partial charge is 0.0619 e. The van der Waals surface area contributed by atoms with Crippen molar-refractivity contribution in [3.63, 3.8) is 0 Å². The van der Waals surface area contributed by atoms with Crippen LogP contribution in [-0.4, -0.2) is 0 Å². The fourth-order valence-electron chi connectivity index (χ4n) is 9.82. The lowest BCUT2D eigenvalue weighted by atomic mass is 9.80. The van der Waals surface area contributed by atoms with Gasteiger partial charge in [-0.1, -0.05) is 161 Å². The maximum Gasteiger partial charge on any atom is 0.0159 e. The first-order valence-electron chi connectivity index (χ1n) is 18.6. The first-order valence-corrected chi connectivity index (χ1v) is 18.6. The van der Waals surface area contributed by atoms with Crippen LogP contribution in [0.5, 0.6) is 0 Å². The Morgan fingerprint density at radius 1 is 0.288 bits per heavy atom. The van der Waals surface area contributed by atoms with Gasteiger partial charge in [0.1, 0.15) is 0 Å². The smallest absolute Gasteiger partial charge is 0.0159 e. The fourth-order valence-corrected chi connectivity index (χ4v) is 9.82. The molecule has 246 valence electrons. The van der Waals surface area contributed by atoms with Gasteiger partial charge in [-0.3, -0.25) is 0 Å². The Labute approximate surface area is 305 Å². The molecule has 0 bridgehead atoms. The molecule has 52 heavy (non-hydrogen) atoms. The lowest BCUT2D eigenvalue weighted by molar-refractivity contribution is 0.659. The summed E-state index contributed by atoms with van der Waals surface area (Å²) in [7, 11) is 0. The molecule has 0 nitrogen and oxygen atoms in total. The molecular formula is C52H38. The van der Waals surface area contributed by atoms with Crippen molar-refractivity contribution in [2.24, 2.45) is 0 Å². The van der Waals surface area contributed by atoms with Gasteiger partial charge in [0, 0.05) is 10.8 Å². The average molecular weight is 663 g/mol. The van der Waals surface area contributed by atoms with E-state index in [9.17, 15) is 0 Å². The summed E-state index contributed by atoms with van der Waals surface area (Å²) in [4.78, 5) is 0. The average Bonchev–Trinajstić information content (AvgIpc) is 3.55. The lowest BCUT2D eigenvalue weighted by Crippen LogP contribution is -2.15. The van der Waals surface area contributed by atoms with Crippen molar-refractivity contribution < 1.29 is 0 Å². The molecule has 0 fully saturated rings. The SMILES string of the molecule is CC1(C)c2ccccc2-c2ccc(-c3ccc4c(c3)C(C)(C)c3cc(-c5ccc(-c6cc7cccc8ccc9cccc6c9c87)cc5)ccc3-4)cc21. The van der Waals surface area contributed by atoms with E-state index >= 15 is 0 Å². The van der Waals surface area contributed by atoms with Gasteiger partial charge in [0.25, 0.3) is 0 Å². The third-order valence-corrected chi connectivity index (χ3v) is 12.6. The number of rotatable bonds is 3. The Bertz CT molecular complexity index is 2930. The van der Waals surface area contributed by atoms with Crippen molar-refractivity contribution in [3.8, 4) is 55.6 Å². The zero-order chi connectivity index (χ0) is 34.9. The second kappa shape index (κ2) is 10.3. The summed E-state index contributed by atoms with van der Waals surface area (Å²) in [5, 5.41) is 7.96. The Hall–Kier alpha value is -5.98. The summed E-state index contributed by atoms with van der Waals surface area (Å²) in [6, 6.07) is 59.7. The molecule has 0 amide bonds. The van der Waals surface area contributed by atoms with Gasteiger partial charge in [-0.2, -0.15) is 0 Å². The standard InChI is InChI=1S/C52H38/c1-51(2)45-14-6-5-12-39(45)40-25-22-36(29-46(40)51)37-23-26-42-41-24-21-35(28-47(41)52(3,4)48(42)30-37)31-15-17-32(18-16-31)44-27-38-11-7-9-33-19-20-34-10-8-13-43(44)50(34)49(33)38/h5-30H,1-4H3. The predicted octanol–water partition coefficient (Wildman–Crippen LogP) is 14.2. The molecule has 2 aliphatic carbocycles. The number of hydrogen-bond acceptors (Lipinski definition) is 0. The van der Waals surface area contributed by atoms with Gasteiger partial charge in [-0.05, 0) is 134 Å². The molecular weight excluding hydrogens is 625 g/mol. The first kappa shape index (κ1) is 29.7. The zero-order valence-electron chi connectivity index (χ0n) is 30.0. The van der Waals surface area contributed by atoms with Crippen molar-refractivity contribution in [2.75, 3.05) is 0 Å². The molecule has 0 aliphatic heterocycles. The van der Waals surface area contributed by atoms with Gasteiger partial charge in [-0.25, -0.2) is 0 Å². The van der Waals surface area contributed by atoms with Crippen LogP contribution in [-0.2, 0) is 10.8 Å². The molecule has 0 radical (unpaired) electrons. The van der Waals surface area contributed by atoms with E-state index in [-0.39, 0.29) is 10.8 Å². The first-order chi connectivity index (χ1) is 25.3. The van der Waals surface area contributed by atoms with Crippen molar-refractivity contribution in [1.29, 1.82) is 0 Å². The third kappa shape index (κ3) is 3.98. The van der Waals surface area contributed by atoms with Gasteiger partial charge >= 0.3 is 0 Å². The summed E-state index contributed by atoms with van der Waals surface area (Å²) in [5.74, 6) is 0. The predicted molar refractivity (Wildman–Crippen MR) is 222 cm³/mol. The van der Waals surface area contributed by atoms with Gasteiger partial charge in [-0.15, -0.1) is 0 Å². The van der Waals surface area contributed by atoms with E-state index < -0.39 is 0 Å². The molecule has 0 spiro atoms. The molecule has 0 unspecified atom stereocenters. The van der Waals surface area contributed by atoms with Gasteiger partial charge in [0.15, 0.2) is 0 Å². The minimum absolute atomic E-state index is 0.00972. The van der Waals surface area contributed by atoms with Crippen LogP contribution in [0.4, 0.5) is 0 Å². The molecule has 0 saturated heterocycles. The fraction of sp³-hybridized carbons (Fsp3) is 0.115. The Morgan fingerprint density at radius 2 is 0.750 bits per heavy atom. The number of benzene rings is 9. The van der Waals surface area contributed by atoms with E-state index in [4.69, 9.17) is 0 Å². The minimum atomic E-state index is -0.108. The lowest BCUT2D eigenvalue weighted by Gasteiger charge is -2.23. The van der Waals surface area contributed by atoms with Crippen molar-refractivity contribution >= 4 is 32.3 Å². The second-order valence-electron chi connectivity index (χ2n) is 16.1. The zero-order valence-corrected chi connectivity index (χ0v) is 30.0. The van der Waals surface area contributed by atoms with Gasteiger partial charge in [0.05, 0.1) is 0 Å². The number of hydrogen-bond donors (Lipinski definition) is 0. The Kier molecular flexibility index (Phi) is 5.89. The molecule has 0 N–H and O–H groups in total. The maximum absolute atomic E-state index is 2.46. The molecule has 0 saturated carbocycles. The van der Waals surface area contributed by atoms with E-state index in [1.165, 1.54) is 110 Å². The highest BCUT2D eigenvalue weighted by Crippen LogP contribution is 2.53. The topological polar surface area (TPSA) is 0 Å². The normalized spacial score (nSPS) is 14.8. The van der Waals surface area contributed by atoms with Crippen LogP contribution >= 0.6 is 0 Å². The monoisotopic (exact) mass is 662 g/mol. The molecule has 0 heteroatoms. The summed E-state index contributed by atoms with van der Waals surface area (Å²) in [5.41, 5.74) is 18.6. The molecule has 0 aromatic heterocycles. The van der Waals surface area contributed by atoms with Crippen LogP contribution in [0.3, 0.4) is 0 Å². The van der Waals surface area contributed by atoms with E-state index in [1.807, 2.05) is 0 Å². The highest BCUT2D eigenvalue weighted by atomic mass is 14.4. The molecule has 0 heterocycles. The summed E-state index contributed by atoms with van der Waals surface area (Å²) in [6.07, 6.45) is 0. The maximum atomic E-state index is 2.46. The Balaban J connectivity index is 0.945. The molecule has 2 aliphatic rings. The molecule has 0 atom stereocenters. The van der Waals surface area contributed by atoms with E-state index in [1.54, 1.807) is 0 Å². The van der Waals surface area contributed by atoms with Crippen LogP contribution in [0.2, 0.25) is 0 Å². The van der Waals surface area contributed by atoms with Crippen LogP contribution in [0.15, 0.2) is 158 Å². The second-order valence-corrected chi connectivity index (χ2v) is 16.1. The van der Waals surface area contributed by atoms with Gasteiger partial charge in [0.2, 0.25) is 0 Å². The van der Waals surface area contributed by atoms with E-state index in [2.05, 4.69) is 185 Å².